The van der Waals surface area contributed by atoms with Gasteiger partial charge in [-0.25, -0.2) is 9.78 Å². The molecule has 1 rings (SSSR count). The van der Waals surface area contributed by atoms with Crippen molar-refractivity contribution < 1.29 is 48.6 Å². The number of carboxylic acids is 2. The zero-order valence-electron chi connectivity index (χ0n) is 25.4. The van der Waals surface area contributed by atoms with E-state index in [0.717, 1.165) is 0 Å². The number of aromatic amines is 1. The summed E-state index contributed by atoms with van der Waals surface area (Å²) in [6.45, 7) is 4.61. The Hall–Kier alpha value is -4.72. The molecule has 1 aromatic rings. The van der Waals surface area contributed by atoms with Gasteiger partial charge in [-0.2, -0.15) is 12.6 Å². The van der Waals surface area contributed by atoms with Gasteiger partial charge in [0, 0.05) is 30.5 Å². The van der Waals surface area contributed by atoms with Gasteiger partial charge in [0.1, 0.15) is 30.2 Å². The number of carbonyl (C=O) groups excluding carboxylic acids is 6. The highest BCUT2D eigenvalue weighted by atomic mass is 32.1. The van der Waals surface area contributed by atoms with Crippen LogP contribution >= 0.6 is 12.6 Å². The first-order valence-electron chi connectivity index (χ1n) is 14.0. The SMILES string of the molecule is CC(NC(=O)C(N)Cc1cnc[nH]1)C(=O)NC(C(=O)NC(CS)C(=O)NC(CC(N)=O)C(=O)NC(CCC(=O)O)C(=O)O)C(C)C. The molecule has 0 saturated carbocycles. The zero-order valence-corrected chi connectivity index (χ0v) is 26.3. The van der Waals surface area contributed by atoms with Crippen LogP contribution in [0.3, 0.4) is 0 Å². The molecule has 1 aromatic heterocycles. The predicted molar refractivity (Wildman–Crippen MR) is 163 cm³/mol. The lowest BCUT2D eigenvalue weighted by Gasteiger charge is -2.27. The monoisotopic (exact) mass is 671 g/mol. The molecular formula is C26H41N9O10S. The van der Waals surface area contributed by atoms with Gasteiger partial charge in [-0.3, -0.25) is 33.6 Å². The van der Waals surface area contributed by atoms with E-state index < -0.39 is 109 Å². The van der Waals surface area contributed by atoms with E-state index in [-0.39, 0.29) is 12.2 Å². The summed E-state index contributed by atoms with van der Waals surface area (Å²) in [4.78, 5) is 105. The van der Waals surface area contributed by atoms with Crippen LogP contribution in [0.15, 0.2) is 12.5 Å². The Balaban J connectivity index is 2.90. The summed E-state index contributed by atoms with van der Waals surface area (Å²) in [7, 11) is 0. The maximum Gasteiger partial charge on any atom is 0.326 e. The summed E-state index contributed by atoms with van der Waals surface area (Å²) < 4.78 is 0. The summed E-state index contributed by atoms with van der Waals surface area (Å²) in [5, 5.41) is 29.8. The van der Waals surface area contributed by atoms with Crippen LogP contribution in [-0.4, -0.2) is 110 Å². The number of amides is 6. The minimum absolute atomic E-state index is 0.136. The molecule has 20 heteroatoms. The number of hydrogen-bond acceptors (Lipinski definition) is 11. The Labute approximate surface area is 269 Å². The Morgan fingerprint density at radius 3 is 1.93 bits per heavy atom. The fraction of sp³-hybridized carbons (Fsp3) is 0.577. The second-order valence-electron chi connectivity index (χ2n) is 10.7. The van der Waals surface area contributed by atoms with E-state index >= 15 is 0 Å². The molecule has 1 heterocycles. The van der Waals surface area contributed by atoms with Gasteiger partial charge in [0.2, 0.25) is 35.4 Å². The number of nitrogens with two attached hydrogens (primary N) is 2. The molecule has 0 saturated heterocycles. The van der Waals surface area contributed by atoms with Gasteiger partial charge in [-0.05, 0) is 19.3 Å². The number of thiol groups is 1. The molecule has 0 fully saturated rings. The molecule has 12 N–H and O–H groups in total. The number of nitrogens with zero attached hydrogens (tertiary/aromatic N) is 1. The smallest absolute Gasteiger partial charge is 0.326 e. The van der Waals surface area contributed by atoms with Gasteiger partial charge < -0.3 is 53.2 Å². The van der Waals surface area contributed by atoms with Gasteiger partial charge in [-0.1, -0.05) is 13.8 Å². The third kappa shape index (κ3) is 13.5. The first kappa shape index (κ1) is 39.3. The molecule has 0 radical (unpaired) electrons. The van der Waals surface area contributed by atoms with Crippen LogP contribution in [0.5, 0.6) is 0 Å². The Morgan fingerprint density at radius 1 is 0.848 bits per heavy atom. The van der Waals surface area contributed by atoms with E-state index in [9.17, 15) is 43.5 Å². The topological polar surface area (TPSA) is 318 Å². The van der Waals surface area contributed by atoms with Gasteiger partial charge >= 0.3 is 11.9 Å². The Bertz CT molecular complexity index is 1260. The molecule has 6 atom stereocenters. The van der Waals surface area contributed by atoms with Gasteiger partial charge in [0.15, 0.2) is 0 Å². The normalized spacial score (nSPS) is 14.8. The van der Waals surface area contributed by atoms with Crippen molar-refractivity contribution in [2.75, 3.05) is 5.75 Å². The molecule has 0 spiro atoms. The number of carboxylic acid groups (broad SMARTS) is 2. The maximum absolute atomic E-state index is 13.1. The molecule has 6 amide bonds. The maximum atomic E-state index is 13.1. The van der Waals surface area contributed by atoms with Gasteiger partial charge in [-0.15, -0.1) is 0 Å². The molecule has 0 bridgehead atoms. The van der Waals surface area contributed by atoms with Gasteiger partial charge in [0.25, 0.3) is 0 Å². The average Bonchev–Trinajstić information content (AvgIpc) is 3.48. The predicted octanol–water partition coefficient (Wildman–Crippen LogP) is -3.87. The van der Waals surface area contributed by atoms with E-state index in [4.69, 9.17) is 16.6 Å². The van der Waals surface area contributed by atoms with Crippen molar-refractivity contribution in [1.29, 1.82) is 0 Å². The highest BCUT2D eigenvalue weighted by Crippen LogP contribution is 2.06. The fourth-order valence-electron chi connectivity index (χ4n) is 3.86. The highest BCUT2D eigenvalue weighted by molar-refractivity contribution is 7.80. The van der Waals surface area contributed by atoms with Crippen LogP contribution in [0, 0.1) is 5.92 Å². The number of primary amides is 1. The molecule has 0 aliphatic heterocycles. The quantitative estimate of drug-likeness (QED) is 0.0594. The first-order valence-corrected chi connectivity index (χ1v) is 14.7. The molecule has 6 unspecified atom stereocenters. The Morgan fingerprint density at radius 2 is 1.43 bits per heavy atom. The van der Waals surface area contributed by atoms with Crippen molar-refractivity contribution in [2.45, 2.75) is 82.7 Å². The first-order chi connectivity index (χ1) is 21.5. The number of nitrogens with one attached hydrogen (secondary N) is 6. The summed E-state index contributed by atoms with van der Waals surface area (Å²) in [5.41, 5.74) is 11.7. The van der Waals surface area contributed by atoms with E-state index in [1.807, 2.05) is 0 Å². The zero-order chi connectivity index (χ0) is 35.1. The second-order valence-corrected chi connectivity index (χ2v) is 11.0. The molecule has 46 heavy (non-hydrogen) atoms. The van der Waals surface area contributed by atoms with Gasteiger partial charge in [0.05, 0.1) is 18.8 Å². The van der Waals surface area contributed by atoms with E-state index in [2.05, 4.69) is 49.2 Å². The number of rotatable bonds is 20. The number of aromatic nitrogens is 2. The van der Waals surface area contributed by atoms with Crippen molar-refractivity contribution >= 4 is 60.0 Å². The van der Waals surface area contributed by atoms with Crippen molar-refractivity contribution in [1.82, 2.24) is 36.6 Å². The third-order valence-electron chi connectivity index (χ3n) is 6.45. The molecule has 0 aliphatic carbocycles. The fourth-order valence-corrected chi connectivity index (χ4v) is 4.12. The molecular weight excluding hydrogens is 630 g/mol. The van der Waals surface area contributed by atoms with Crippen LogP contribution in [0.1, 0.15) is 45.7 Å². The summed E-state index contributed by atoms with van der Waals surface area (Å²) in [5.74, 6) is -9.01. The lowest BCUT2D eigenvalue weighted by Crippen LogP contribution is -2.60. The van der Waals surface area contributed by atoms with Crippen molar-refractivity contribution in [3.05, 3.63) is 18.2 Å². The van der Waals surface area contributed by atoms with Crippen LogP contribution in [0.4, 0.5) is 0 Å². The summed E-state index contributed by atoms with van der Waals surface area (Å²) in [6, 6.07) is -8.02. The van der Waals surface area contributed by atoms with Crippen LogP contribution in [-0.2, 0) is 44.8 Å². The number of aliphatic carboxylic acids is 2. The second kappa shape index (κ2) is 18.9. The molecule has 256 valence electrons. The number of imidazole rings is 1. The number of carbonyl (C=O) groups is 8. The van der Waals surface area contributed by atoms with Crippen molar-refractivity contribution in [2.24, 2.45) is 17.4 Å². The van der Waals surface area contributed by atoms with Crippen molar-refractivity contribution in [3.8, 4) is 0 Å². The molecule has 0 aliphatic rings. The van der Waals surface area contributed by atoms with E-state index in [1.165, 1.54) is 19.4 Å². The lowest BCUT2D eigenvalue weighted by molar-refractivity contribution is -0.143. The number of H-pyrrole nitrogens is 1. The molecule has 0 aromatic carbocycles. The van der Waals surface area contributed by atoms with E-state index in [0.29, 0.717) is 5.69 Å². The van der Waals surface area contributed by atoms with E-state index in [1.54, 1.807) is 13.8 Å². The van der Waals surface area contributed by atoms with Crippen LogP contribution in [0.25, 0.3) is 0 Å². The summed E-state index contributed by atoms with van der Waals surface area (Å²) in [6.07, 6.45) is 1.24. The minimum Gasteiger partial charge on any atom is -0.481 e. The lowest BCUT2D eigenvalue weighted by atomic mass is 10.0. The third-order valence-corrected chi connectivity index (χ3v) is 6.81. The molecule has 19 nitrogen and oxygen atoms in total. The minimum atomic E-state index is -1.68. The highest BCUT2D eigenvalue weighted by Gasteiger charge is 2.33. The van der Waals surface area contributed by atoms with Crippen LogP contribution in [0.2, 0.25) is 0 Å². The van der Waals surface area contributed by atoms with Crippen molar-refractivity contribution in [3.63, 3.8) is 0 Å². The summed E-state index contributed by atoms with van der Waals surface area (Å²) >= 11 is 4.06. The largest absolute Gasteiger partial charge is 0.481 e. The van der Waals surface area contributed by atoms with Crippen LogP contribution < -0.4 is 38.1 Å². The number of hydrogen-bond donors (Lipinski definition) is 11. The Kier molecular flexibility index (Phi) is 16.2. The average molecular weight is 672 g/mol. The standard InChI is InChI=1S/C26H41N9O10S/c1-11(2)20(35-21(39)12(3)31-22(40)14(27)6-13-8-29-10-30-13)25(43)34-17(9-46)24(42)33-16(7-18(28)36)23(41)32-15(26(44)45)4-5-19(37)38/h8,10-12,14-17,20,46H,4-7,9,27H2,1-3H3,(H2,28,36)(H,29,30)(H,31,40)(H,32,41)(H,33,42)(H,34,43)(H,35,39)(H,37,38)(H,44,45).